The van der Waals surface area contributed by atoms with Crippen LogP contribution in [0.5, 0.6) is 5.75 Å². The third-order valence-corrected chi connectivity index (χ3v) is 6.32. The summed E-state index contributed by atoms with van der Waals surface area (Å²) in [4.78, 5) is 56.6. The van der Waals surface area contributed by atoms with Crippen molar-refractivity contribution < 1.29 is 33.5 Å². The van der Waals surface area contributed by atoms with Crippen molar-refractivity contribution in [1.82, 2.24) is 25.7 Å². The molecular formula is C28H41N5O7. The summed E-state index contributed by atoms with van der Waals surface area (Å²) in [5.74, 6) is -1.79. The Hall–Kier alpha value is -3.80. The lowest BCUT2D eigenvalue weighted by Crippen LogP contribution is -2.55. The molecule has 40 heavy (non-hydrogen) atoms. The van der Waals surface area contributed by atoms with Crippen molar-refractivity contribution in [2.45, 2.75) is 71.9 Å². The fourth-order valence-corrected chi connectivity index (χ4v) is 4.16. The van der Waals surface area contributed by atoms with Crippen molar-refractivity contribution in [1.29, 1.82) is 0 Å². The molecule has 12 nitrogen and oxygen atoms in total. The molecule has 0 aliphatic carbocycles. The van der Waals surface area contributed by atoms with Gasteiger partial charge < -0.3 is 25.0 Å². The van der Waals surface area contributed by atoms with E-state index in [0.717, 1.165) is 19.3 Å². The summed E-state index contributed by atoms with van der Waals surface area (Å²) in [6, 6.07) is 2.91. The Kier molecular flexibility index (Phi) is 12.7. The normalized spacial score (nSPS) is 12.7. The number of ether oxygens (including phenoxy) is 1. The topological polar surface area (TPSA) is 164 Å². The number of aromatic nitrogens is 2. The number of aliphatic carboxylic acids is 1. The molecule has 1 aromatic heterocycles. The molecule has 1 aromatic carbocycles. The standard InChI is InChI=1S/C28H41N5O7/c1-7-8-9-12-33(5)16-22(34)21(15-25(36)37)30-27(38)26(17(2)3)31-24(35)14-20-13-19(10-11-23(20)39-6)28-29-18(4)32-40-28/h10-11,13,17,21,26H,7-9,12,14-16H2,1-6H3,(H,30,38)(H,31,35)(H,36,37). The van der Waals surface area contributed by atoms with Gasteiger partial charge in [0.05, 0.1) is 32.5 Å². The number of amides is 2. The first-order chi connectivity index (χ1) is 18.9. The fourth-order valence-electron chi connectivity index (χ4n) is 4.16. The van der Waals surface area contributed by atoms with Crippen molar-refractivity contribution in [3.63, 3.8) is 0 Å². The SMILES string of the molecule is CCCCCN(C)CC(=O)C(CC(=O)O)NC(=O)C(NC(=O)Cc1cc(-c2nc(C)no2)ccc1OC)C(C)C. The fraction of sp³-hybridized carbons (Fsp3) is 0.571. The number of nitrogens with zero attached hydrogens (tertiary/aromatic N) is 3. The van der Waals surface area contributed by atoms with Crippen LogP contribution in [-0.4, -0.2) is 83.0 Å². The summed E-state index contributed by atoms with van der Waals surface area (Å²) in [7, 11) is 3.27. The lowest BCUT2D eigenvalue weighted by molar-refractivity contribution is -0.141. The van der Waals surface area contributed by atoms with E-state index in [2.05, 4.69) is 27.7 Å². The zero-order chi connectivity index (χ0) is 29.8. The summed E-state index contributed by atoms with van der Waals surface area (Å²) < 4.78 is 10.6. The van der Waals surface area contributed by atoms with E-state index in [4.69, 9.17) is 9.26 Å². The molecule has 0 aliphatic heterocycles. The van der Waals surface area contributed by atoms with Crippen LogP contribution in [0.25, 0.3) is 11.5 Å². The van der Waals surface area contributed by atoms with Crippen LogP contribution in [0.15, 0.2) is 22.7 Å². The highest BCUT2D eigenvalue weighted by molar-refractivity contribution is 5.95. The number of Topliss-reactive ketones (excluding diaryl/α,β-unsaturated/α-hetero) is 1. The van der Waals surface area contributed by atoms with Gasteiger partial charge in [0, 0.05) is 11.1 Å². The van der Waals surface area contributed by atoms with Gasteiger partial charge in [0.2, 0.25) is 11.8 Å². The summed E-state index contributed by atoms with van der Waals surface area (Å²) in [5.41, 5.74) is 1.15. The first-order valence-corrected chi connectivity index (χ1v) is 13.5. The van der Waals surface area contributed by atoms with E-state index in [9.17, 15) is 24.3 Å². The van der Waals surface area contributed by atoms with E-state index >= 15 is 0 Å². The Balaban J connectivity index is 2.12. The van der Waals surface area contributed by atoms with Crippen molar-refractivity contribution in [3.05, 3.63) is 29.6 Å². The largest absolute Gasteiger partial charge is 0.496 e. The number of carboxylic acid groups (broad SMARTS) is 1. The minimum absolute atomic E-state index is 0.0103. The molecule has 0 radical (unpaired) electrons. The number of nitrogens with one attached hydrogen (secondary N) is 2. The molecule has 0 aliphatic rings. The third kappa shape index (κ3) is 10.1. The highest BCUT2D eigenvalue weighted by Crippen LogP contribution is 2.26. The molecule has 12 heteroatoms. The quantitative estimate of drug-likeness (QED) is 0.245. The number of rotatable bonds is 17. The van der Waals surface area contributed by atoms with Crippen molar-refractivity contribution in [3.8, 4) is 17.2 Å². The maximum atomic E-state index is 13.2. The van der Waals surface area contributed by atoms with E-state index in [1.165, 1.54) is 7.11 Å². The predicted molar refractivity (Wildman–Crippen MR) is 148 cm³/mol. The van der Waals surface area contributed by atoms with E-state index in [0.29, 0.717) is 35.1 Å². The molecular weight excluding hydrogens is 518 g/mol. The van der Waals surface area contributed by atoms with Crippen molar-refractivity contribution in [2.75, 3.05) is 27.2 Å². The zero-order valence-electron chi connectivity index (χ0n) is 24.2. The molecule has 2 aromatic rings. The molecule has 220 valence electrons. The van der Waals surface area contributed by atoms with Gasteiger partial charge in [-0.05, 0) is 51.1 Å². The van der Waals surface area contributed by atoms with Crippen LogP contribution < -0.4 is 15.4 Å². The smallest absolute Gasteiger partial charge is 0.305 e. The maximum Gasteiger partial charge on any atom is 0.305 e. The van der Waals surface area contributed by atoms with Gasteiger partial charge in [0.25, 0.3) is 5.89 Å². The second-order valence-electron chi connectivity index (χ2n) is 10.2. The molecule has 2 atom stereocenters. The van der Waals surface area contributed by atoms with E-state index in [1.54, 1.807) is 46.0 Å². The Bertz CT molecular complexity index is 1160. The second kappa shape index (κ2) is 15.7. The number of ketones is 1. The van der Waals surface area contributed by atoms with Crippen LogP contribution in [0.1, 0.15) is 57.8 Å². The number of aryl methyl sites for hydroxylation is 1. The molecule has 2 rings (SSSR count). The molecule has 2 amide bonds. The molecule has 0 saturated heterocycles. The van der Waals surface area contributed by atoms with Gasteiger partial charge in [-0.25, -0.2) is 0 Å². The first-order valence-electron chi connectivity index (χ1n) is 13.5. The highest BCUT2D eigenvalue weighted by Gasteiger charge is 2.30. The molecule has 3 N–H and O–H groups in total. The number of likely N-dealkylation sites (N-methyl/N-ethyl adjacent to an activating group) is 1. The Morgan fingerprint density at radius 1 is 1.15 bits per heavy atom. The van der Waals surface area contributed by atoms with Gasteiger partial charge in [0.15, 0.2) is 11.6 Å². The average molecular weight is 560 g/mol. The van der Waals surface area contributed by atoms with Gasteiger partial charge in [-0.3, -0.25) is 24.1 Å². The monoisotopic (exact) mass is 559 g/mol. The van der Waals surface area contributed by atoms with Gasteiger partial charge in [0.1, 0.15) is 11.8 Å². The lowest BCUT2D eigenvalue weighted by Gasteiger charge is -2.26. The summed E-state index contributed by atoms with van der Waals surface area (Å²) in [5, 5.41) is 18.4. The molecule has 0 saturated carbocycles. The molecule has 1 heterocycles. The average Bonchev–Trinajstić information content (AvgIpc) is 3.32. The second-order valence-corrected chi connectivity index (χ2v) is 10.2. The lowest BCUT2D eigenvalue weighted by atomic mass is 10.0. The molecule has 0 spiro atoms. The summed E-state index contributed by atoms with van der Waals surface area (Å²) >= 11 is 0. The highest BCUT2D eigenvalue weighted by atomic mass is 16.5. The number of hydrogen-bond donors (Lipinski definition) is 3. The van der Waals surface area contributed by atoms with Crippen LogP contribution >= 0.6 is 0 Å². The minimum atomic E-state index is -1.22. The van der Waals surface area contributed by atoms with Crippen molar-refractivity contribution >= 4 is 23.6 Å². The van der Waals surface area contributed by atoms with Gasteiger partial charge in [-0.1, -0.05) is 38.8 Å². The zero-order valence-corrected chi connectivity index (χ0v) is 24.2. The number of benzene rings is 1. The number of carbonyl (C=O) groups excluding carboxylic acids is 3. The summed E-state index contributed by atoms with van der Waals surface area (Å²) in [6.07, 6.45) is 2.32. The molecule has 0 fully saturated rings. The van der Waals surface area contributed by atoms with Gasteiger partial charge in [-0.2, -0.15) is 4.98 Å². The molecule has 2 unspecified atom stereocenters. The number of methoxy groups -OCH3 is 1. The Labute approximate surface area is 234 Å². The Morgan fingerprint density at radius 2 is 1.88 bits per heavy atom. The molecule has 0 bridgehead atoms. The number of carbonyl (C=O) groups is 4. The van der Waals surface area contributed by atoms with Gasteiger partial charge >= 0.3 is 5.97 Å². The van der Waals surface area contributed by atoms with Crippen LogP contribution in [0.4, 0.5) is 0 Å². The van der Waals surface area contributed by atoms with Crippen LogP contribution in [-0.2, 0) is 25.6 Å². The van der Waals surface area contributed by atoms with Crippen LogP contribution in [0.2, 0.25) is 0 Å². The van der Waals surface area contributed by atoms with E-state index < -0.39 is 42.1 Å². The first kappa shape index (κ1) is 32.4. The summed E-state index contributed by atoms with van der Waals surface area (Å²) in [6.45, 7) is 7.98. The van der Waals surface area contributed by atoms with Gasteiger partial charge in [-0.15, -0.1) is 0 Å². The number of carboxylic acids is 1. The van der Waals surface area contributed by atoms with E-state index in [1.807, 2.05) is 4.90 Å². The van der Waals surface area contributed by atoms with Crippen LogP contribution in [0.3, 0.4) is 0 Å². The third-order valence-electron chi connectivity index (χ3n) is 6.32. The minimum Gasteiger partial charge on any atom is -0.496 e. The van der Waals surface area contributed by atoms with E-state index in [-0.39, 0.29) is 18.9 Å². The van der Waals surface area contributed by atoms with Crippen molar-refractivity contribution in [2.24, 2.45) is 5.92 Å². The predicted octanol–water partition coefficient (Wildman–Crippen LogP) is 2.39. The maximum absolute atomic E-state index is 13.2. The number of unbranched alkanes of at least 4 members (excludes halogenated alkanes) is 2. The number of hydrogen-bond acceptors (Lipinski definition) is 9. The Morgan fingerprint density at radius 3 is 2.45 bits per heavy atom. The van der Waals surface area contributed by atoms with Crippen LogP contribution in [0, 0.1) is 12.8 Å².